The summed E-state index contributed by atoms with van der Waals surface area (Å²) < 4.78 is 0. The van der Waals surface area contributed by atoms with E-state index in [0.717, 1.165) is 6.08 Å². The third-order valence-corrected chi connectivity index (χ3v) is 1.45. The number of allylic oxidation sites excluding steroid dienone is 1. The zero-order valence-electron chi connectivity index (χ0n) is 6.97. The number of aliphatic hydroxyl groups excluding tert-OH is 2. The van der Waals surface area contributed by atoms with Gasteiger partial charge in [-0.1, -0.05) is 6.08 Å². The summed E-state index contributed by atoms with van der Waals surface area (Å²) in [4.78, 5) is 9.98. The fourth-order valence-corrected chi connectivity index (χ4v) is 0.692. The Morgan fingerprint density at radius 1 is 1.50 bits per heavy atom. The molecule has 0 fully saturated rings. The van der Waals surface area contributed by atoms with Crippen molar-refractivity contribution < 1.29 is 20.1 Å². The van der Waals surface area contributed by atoms with Crippen LogP contribution >= 0.6 is 0 Å². The van der Waals surface area contributed by atoms with Gasteiger partial charge in [0, 0.05) is 6.08 Å². The summed E-state index contributed by atoms with van der Waals surface area (Å²) in [6.07, 6.45) is 1.77. The molecule has 4 nitrogen and oxygen atoms in total. The van der Waals surface area contributed by atoms with Crippen molar-refractivity contribution in [2.24, 2.45) is 0 Å². The highest BCUT2D eigenvalue weighted by Gasteiger charge is 2.08. The molecule has 70 valence electrons. The summed E-state index contributed by atoms with van der Waals surface area (Å²) in [5.41, 5.74) is 0. The van der Waals surface area contributed by atoms with E-state index in [-0.39, 0.29) is 0 Å². The van der Waals surface area contributed by atoms with Crippen LogP contribution in [0.5, 0.6) is 0 Å². The van der Waals surface area contributed by atoms with E-state index < -0.39 is 18.2 Å². The van der Waals surface area contributed by atoms with Crippen LogP contribution in [0.3, 0.4) is 0 Å². The quantitative estimate of drug-likeness (QED) is 0.518. The first-order valence-electron chi connectivity index (χ1n) is 3.79. The van der Waals surface area contributed by atoms with Crippen LogP contribution in [0, 0.1) is 0 Å². The Morgan fingerprint density at radius 3 is 2.50 bits per heavy atom. The summed E-state index contributed by atoms with van der Waals surface area (Å²) in [6.45, 7) is 1.49. The standard InChI is InChI=1S/C8H14O4/c1-6(9)7(10)4-2-3-5-8(11)12/h3,5-7,9-10H,2,4H2,1H3,(H,11,12)/b5-3+. The van der Waals surface area contributed by atoms with Gasteiger partial charge < -0.3 is 15.3 Å². The molecule has 0 rings (SSSR count). The van der Waals surface area contributed by atoms with Crippen LogP contribution in [0.15, 0.2) is 12.2 Å². The van der Waals surface area contributed by atoms with Crippen molar-refractivity contribution in [2.75, 3.05) is 0 Å². The van der Waals surface area contributed by atoms with Crippen molar-refractivity contribution in [3.63, 3.8) is 0 Å². The van der Waals surface area contributed by atoms with E-state index in [1.54, 1.807) is 0 Å². The van der Waals surface area contributed by atoms with E-state index in [4.69, 9.17) is 15.3 Å². The first-order valence-corrected chi connectivity index (χ1v) is 3.79. The summed E-state index contributed by atoms with van der Waals surface area (Å²) in [5, 5.41) is 26.1. The molecule has 0 aromatic carbocycles. The molecule has 0 aliphatic carbocycles. The van der Waals surface area contributed by atoms with E-state index in [1.165, 1.54) is 13.0 Å². The Kier molecular flexibility index (Phi) is 5.32. The van der Waals surface area contributed by atoms with Crippen molar-refractivity contribution >= 4 is 5.97 Å². The molecule has 0 radical (unpaired) electrons. The van der Waals surface area contributed by atoms with Crippen LogP contribution in [0.4, 0.5) is 0 Å². The van der Waals surface area contributed by atoms with Crippen LogP contribution in [0.2, 0.25) is 0 Å². The van der Waals surface area contributed by atoms with E-state index >= 15 is 0 Å². The van der Waals surface area contributed by atoms with Crippen LogP contribution in [0.1, 0.15) is 19.8 Å². The summed E-state index contributed by atoms with van der Waals surface area (Å²) >= 11 is 0. The smallest absolute Gasteiger partial charge is 0.327 e. The third kappa shape index (κ3) is 5.88. The average Bonchev–Trinajstić information content (AvgIpc) is 1.97. The zero-order chi connectivity index (χ0) is 9.56. The summed E-state index contributed by atoms with van der Waals surface area (Å²) in [7, 11) is 0. The van der Waals surface area contributed by atoms with Crippen molar-refractivity contribution in [1.82, 2.24) is 0 Å². The lowest BCUT2D eigenvalue weighted by Gasteiger charge is -2.11. The minimum Gasteiger partial charge on any atom is -0.478 e. The molecule has 0 aliphatic rings. The lowest BCUT2D eigenvalue weighted by atomic mass is 10.1. The van der Waals surface area contributed by atoms with Crippen LogP contribution in [-0.4, -0.2) is 33.5 Å². The SMILES string of the molecule is CC(O)C(O)CC/C=C/C(=O)O. The highest BCUT2D eigenvalue weighted by molar-refractivity contribution is 5.79. The van der Waals surface area contributed by atoms with Gasteiger partial charge in [0.25, 0.3) is 0 Å². The Balaban J connectivity index is 3.49. The van der Waals surface area contributed by atoms with Gasteiger partial charge in [0.1, 0.15) is 0 Å². The molecule has 0 aromatic rings. The molecule has 0 saturated carbocycles. The van der Waals surface area contributed by atoms with E-state index in [0.29, 0.717) is 12.8 Å². The number of rotatable bonds is 5. The third-order valence-electron chi connectivity index (χ3n) is 1.45. The molecule has 3 N–H and O–H groups in total. The first kappa shape index (κ1) is 11.1. The van der Waals surface area contributed by atoms with Gasteiger partial charge in [-0.15, -0.1) is 0 Å². The molecule has 0 spiro atoms. The Morgan fingerprint density at radius 2 is 2.08 bits per heavy atom. The molecule has 4 heteroatoms. The van der Waals surface area contributed by atoms with Gasteiger partial charge in [0.2, 0.25) is 0 Å². The second-order valence-corrected chi connectivity index (χ2v) is 2.63. The molecule has 0 aromatic heterocycles. The Hall–Kier alpha value is -0.870. The normalized spacial score (nSPS) is 16.2. The second kappa shape index (κ2) is 5.74. The van der Waals surface area contributed by atoms with Crippen LogP contribution in [-0.2, 0) is 4.79 Å². The number of hydrogen-bond acceptors (Lipinski definition) is 3. The van der Waals surface area contributed by atoms with Gasteiger partial charge >= 0.3 is 5.97 Å². The number of carbonyl (C=O) groups is 1. The Labute approximate surface area is 71.1 Å². The second-order valence-electron chi connectivity index (χ2n) is 2.63. The molecule has 0 aliphatic heterocycles. The van der Waals surface area contributed by atoms with Crippen molar-refractivity contribution in [3.05, 3.63) is 12.2 Å². The van der Waals surface area contributed by atoms with Crippen molar-refractivity contribution in [2.45, 2.75) is 32.0 Å². The van der Waals surface area contributed by atoms with Gasteiger partial charge in [-0.3, -0.25) is 0 Å². The number of hydrogen-bond donors (Lipinski definition) is 3. The van der Waals surface area contributed by atoms with Crippen LogP contribution in [0.25, 0.3) is 0 Å². The highest BCUT2D eigenvalue weighted by atomic mass is 16.4. The molecule has 2 atom stereocenters. The van der Waals surface area contributed by atoms with Gasteiger partial charge in [-0.05, 0) is 19.8 Å². The minimum atomic E-state index is -0.999. The minimum absolute atomic E-state index is 0.376. The number of carboxylic acids is 1. The number of aliphatic hydroxyl groups is 2. The zero-order valence-corrected chi connectivity index (χ0v) is 6.97. The lowest BCUT2D eigenvalue weighted by Crippen LogP contribution is -2.21. The molecule has 0 amide bonds. The topological polar surface area (TPSA) is 77.8 Å². The van der Waals surface area contributed by atoms with Crippen LogP contribution < -0.4 is 0 Å². The van der Waals surface area contributed by atoms with Crippen molar-refractivity contribution in [1.29, 1.82) is 0 Å². The summed E-state index contributed by atoms with van der Waals surface area (Å²) in [6, 6.07) is 0. The van der Waals surface area contributed by atoms with Gasteiger partial charge in [-0.2, -0.15) is 0 Å². The fourth-order valence-electron chi connectivity index (χ4n) is 0.692. The fraction of sp³-hybridized carbons (Fsp3) is 0.625. The van der Waals surface area contributed by atoms with Gasteiger partial charge in [0.05, 0.1) is 12.2 Å². The summed E-state index contributed by atoms with van der Waals surface area (Å²) in [5.74, 6) is -0.999. The molecular weight excluding hydrogens is 160 g/mol. The average molecular weight is 174 g/mol. The van der Waals surface area contributed by atoms with E-state index in [1.807, 2.05) is 0 Å². The van der Waals surface area contributed by atoms with Gasteiger partial charge in [0.15, 0.2) is 0 Å². The number of carboxylic acid groups (broad SMARTS) is 1. The van der Waals surface area contributed by atoms with Gasteiger partial charge in [-0.25, -0.2) is 4.79 Å². The molecule has 12 heavy (non-hydrogen) atoms. The first-order chi connectivity index (χ1) is 5.54. The molecular formula is C8H14O4. The molecule has 0 heterocycles. The molecule has 0 bridgehead atoms. The predicted octanol–water partition coefficient (Wildman–Crippen LogP) is 0.149. The van der Waals surface area contributed by atoms with Crippen molar-refractivity contribution in [3.8, 4) is 0 Å². The van der Waals surface area contributed by atoms with E-state index in [9.17, 15) is 4.79 Å². The van der Waals surface area contributed by atoms with E-state index in [2.05, 4.69) is 0 Å². The largest absolute Gasteiger partial charge is 0.478 e. The molecule has 0 saturated heterocycles. The maximum atomic E-state index is 9.98. The highest BCUT2D eigenvalue weighted by Crippen LogP contribution is 2.02. The number of aliphatic carboxylic acids is 1. The Bertz CT molecular complexity index is 162. The monoisotopic (exact) mass is 174 g/mol. The maximum absolute atomic E-state index is 9.98. The predicted molar refractivity (Wildman–Crippen MR) is 43.7 cm³/mol. The maximum Gasteiger partial charge on any atom is 0.327 e. The lowest BCUT2D eigenvalue weighted by molar-refractivity contribution is -0.131. The molecule has 2 unspecified atom stereocenters.